The van der Waals surface area contributed by atoms with Crippen molar-refractivity contribution in [3.8, 4) is 0 Å². The topological polar surface area (TPSA) is 75.3 Å². The second-order valence-electron chi connectivity index (χ2n) is 5.62. The second-order valence-corrected chi connectivity index (χ2v) is 8.32. The lowest BCUT2D eigenvalue weighted by atomic mass is 10.2. The highest BCUT2D eigenvalue weighted by Crippen LogP contribution is 2.13. The van der Waals surface area contributed by atoms with E-state index in [1.54, 1.807) is 42.1 Å². The van der Waals surface area contributed by atoms with Crippen molar-refractivity contribution in [3.63, 3.8) is 0 Å². The average molecular weight is 379 g/mol. The van der Waals surface area contributed by atoms with Crippen LogP contribution in [-0.4, -0.2) is 32.4 Å². The Labute approximate surface area is 153 Å². The van der Waals surface area contributed by atoms with Gasteiger partial charge in [0.25, 0.3) is 0 Å². The molecule has 2 N–H and O–H groups in total. The van der Waals surface area contributed by atoms with Gasteiger partial charge in [0.2, 0.25) is 15.9 Å². The summed E-state index contributed by atoms with van der Waals surface area (Å²) in [5, 5.41) is 2.78. The van der Waals surface area contributed by atoms with Gasteiger partial charge in [-0.2, -0.15) is 16.5 Å². The molecule has 0 aliphatic rings. The first-order valence-electron chi connectivity index (χ1n) is 7.86. The molecule has 2 aromatic rings. The molecule has 0 bridgehead atoms. The van der Waals surface area contributed by atoms with Crippen molar-refractivity contribution >= 4 is 33.4 Å². The van der Waals surface area contributed by atoms with Crippen molar-refractivity contribution in [2.45, 2.75) is 24.3 Å². The van der Waals surface area contributed by atoms with Crippen molar-refractivity contribution in [2.24, 2.45) is 0 Å². The molecule has 5 nitrogen and oxygen atoms in total. The fraction of sp³-hybridized carbons (Fsp3) is 0.278. The zero-order chi connectivity index (χ0) is 18.3. The fourth-order valence-corrected chi connectivity index (χ4v) is 3.92. The number of thioether (sulfide) groups is 1. The van der Waals surface area contributed by atoms with Crippen LogP contribution in [0.5, 0.6) is 0 Å². The molecular formula is C18H22N2O3S2. The maximum Gasteiger partial charge on any atom is 0.242 e. The number of carbonyl (C=O) groups is 1. The van der Waals surface area contributed by atoms with E-state index in [1.165, 1.54) is 12.1 Å². The number of amides is 1. The van der Waals surface area contributed by atoms with Crippen LogP contribution >= 0.6 is 11.8 Å². The highest BCUT2D eigenvalue weighted by molar-refractivity contribution is 7.98. The molecule has 0 unspecified atom stereocenters. The van der Waals surface area contributed by atoms with E-state index in [0.29, 0.717) is 17.9 Å². The molecule has 0 fully saturated rings. The zero-order valence-corrected chi connectivity index (χ0v) is 15.9. The Balaban J connectivity index is 2.14. The van der Waals surface area contributed by atoms with Gasteiger partial charge in [-0.25, -0.2) is 8.42 Å². The summed E-state index contributed by atoms with van der Waals surface area (Å²) in [6.45, 7) is 1.96. The smallest absolute Gasteiger partial charge is 0.242 e. The largest absolute Gasteiger partial charge is 0.325 e. The summed E-state index contributed by atoms with van der Waals surface area (Å²) < 4.78 is 27.5. The Hall–Kier alpha value is -1.83. The van der Waals surface area contributed by atoms with E-state index < -0.39 is 16.1 Å². The molecule has 0 spiro atoms. The third kappa shape index (κ3) is 5.88. The van der Waals surface area contributed by atoms with Crippen LogP contribution in [0.25, 0.3) is 0 Å². The van der Waals surface area contributed by atoms with Crippen molar-refractivity contribution in [1.82, 2.24) is 4.72 Å². The maximum absolute atomic E-state index is 12.6. The molecule has 0 heterocycles. The average Bonchev–Trinajstić information content (AvgIpc) is 2.61. The van der Waals surface area contributed by atoms with Crippen LogP contribution in [0.1, 0.15) is 12.0 Å². The van der Waals surface area contributed by atoms with Crippen LogP contribution in [0, 0.1) is 6.92 Å². The predicted octanol–water partition coefficient (Wildman–Crippen LogP) is 3.03. The molecule has 134 valence electrons. The number of hydrogen-bond acceptors (Lipinski definition) is 4. The normalized spacial score (nSPS) is 12.6. The fourth-order valence-electron chi connectivity index (χ4n) is 2.20. The number of anilines is 1. The summed E-state index contributed by atoms with van der Waals surface area (Å²) in [5.41, 5.74) is 1.73. The first kappa shape index (κ1) is 19.5. The quantitative estimate of drug-likeness (QED) is 0.740. The lowest BCUT2D eigenvalue weighted by Gasteiger charge is -2.18. The molecule has 0 aromatic heterocycles. The van der Waals surface area contributed by atoms with E-state index in [2.05, 4.69) is 10.0 Å². The number of benzene rings is 2. The van der Waals surface area contributed by atoms with E-state index in [9.17, 15) is 13.2 Å². The molecule has 25 heavy (non-hydrogen) atoms. The van der Waals surface area contributed by atoms with Gasteiger partial charge < -0.3 is 5.32 Å². The maximum atomic E-state index is 12.6. The van der Waals surface area contributed by atoms with Crippen LogP contribution < -0.4 is 10.0 Å². The summed E-state index contributed by atoms with van der Waals surface area (Å²) >= 11 is 1.56. The molecule has 0 aliphatic carbocycles. The third-order valence-electron chi connectivity index (χ3n) is 3.60. The molecule has 0 saturated carbocycles. The van der Waals surface area contributed by atoms with E-state index >= 15 is 0 Å². The van der Waals surface area contributed by atoms with Gasteiger partial charge in [-0.15, -0.1) is 0 Å². The van der Waals surface area contributed by atoms with E-state index in [-0.39, 0.29) is 10.8 Å². The Morgan fingerprint density at radius 3 is 2.32 bits per heavy atom. The molecule has 1 atom stereocenters. The van der Waals surface area contributed by atoms with Crippen molar-refractivity contribution in [2.75, 3.05) is 17.3 Å². The van der Waals surface area contributed by atoms with Crippen LogP contribution in [0.15, 0.2) is 59.5 Å². The second kappa shape index (κ2) is 9.03. The van der Waals surface area contributed by atoms with Crippen LogP contribution in [0.4, 0.5) is 5.69 Å². The van der Waals surface area contributed by atoms with Crippen LogP contribution in [0.3, 0.4) is 0 Å². The first-order valence-corrected chi connectivity index (χ1v) is 10.7. The highest BCUT2D eigenvalue weighted by atomic mass is 32.2. The molecule has 0 saturated heterocycles. The van der Waals surface area contributed by atoms with Gasteiger partial charge in [-0.3, -0.25) is 4.79 Å². The summed E-state index contributed by atoms with van der Waals surface area (Å²) in [4.78, 5) is 12.7. The molecule has 2 aromatic carbocycles. The Kier molecular flexibility index (Phi) is 7.04. The number of sulfonamides is 1. The third-order valence-corrected chi connectivity index (χ3v) is 5.73. The minimum absolute atomic E-state index is 0.146. The SMILES string of the molecule is CSCC[C@@H](NS(=O)(=O)c1ccccc1)C(=O)Nc1ccc(C)cc1. The number of carbonyl (C=O) groups excluding carboxylic acids is 1. The molecule has 7 heteroatoms. The van der Waals surface area contributed by atoms with Crippen molar-refractivity contribution in [3.05, 3.63) is 60.2 Å². The van der Waals surface area contributed by atoms with Gasteiger partial charge in [0, 0.05) is 5.69 Å². The van der Waals surface area contributed by atoms with Gasteiger partial charge in [0.15, 0.2) is 0 Å². The highest BCUT2D eigenvalue weighted by Gasteiger charge is 2.25. The molecular weight excluding hydrogens is 356 g/mol. The molecule has 0 radical (unpaired) electrons. The van der Waals surface area contributed by atoms with Crippen molar-refractivity contribution < 1.29 is 13.2 Å². The number of hydrogen-bond donors (Lipinski definition) is 2. The van der Waals surface area contributed by atoms with E-state index in [1.807, 2.05) is 25.3 Å². The summed E-state index contributed by atoms with van der Waals surface area (Å²) in [5.74, 6) is 0.306. The van der Waals surface area contributed by atoms with E-state index in [0.717, 1.165) is 5.56 Å². The molecule has 2 rings (SSSR count). The lowest BCUT2D eigenvalue weighted by molar-refractivity contribution is -0.117. The van der Waals surface area contributed by atoms with Gasteiger partial charge in [-0.1, -0.05) is 35.9 Å². The van der Waals surface area contributed by atoms with Gasteiger partial charge in [0.1, 0.15) is 6.04 Å². The number of nitrogens with one attached hydrogen (secondary N) is 2. The minimum Gasteiger partial charge on any atom is -0.325 e. The van der Waals surface area contributed by atoms with Gasteiger partial charge in [-0.05, 0) is 49.6 Å². The zero-order valence-electron chi connectivity index (χ0n) is 14.2. The Morgan fingerprint density at radius 1 is 1.08 bits per heavy atom. The monoisotopic (exact) mass is 378 g/mol. The van der Waals surface area contributed by atoms with Crippen LogP contribution in [-0.2, 0) is 14.8 Å². The molecule has 1 amide bonds. The minimum atomic E-state index is -3.75. The first-order chi connectivity index (χ1) is 11.9. The summed E-state index contributed by atoms with van der Waals surface area (Å²) in [6, 6.07) is 14.6. The number of aryl methyl sites for hydroxylation is 1. The predicted molar refractivity (Wildman–Crippen MR) is 103 cm³/mol. The Morgan fingerprint density at radius 2 is 1.72 bits per heavy atom. The van der Waals surface area contributed by atoms with Crippen LogP contribution in [0.2, 0.25) is 0 Å². The lowest BCUT2D eigenvalue weighted by Crippen LogP contribution is -2.44. The Bertz CT molecular complexity index is 791. The summed E-state index contributed by atoms with van der Waals surface area (Å²) in [6.07, 6.45) is 2.32. The number of rotatable bonds is 8. The summed E-state index contributed by atoms with van der Waals surface area (Å²) in [7, 11) is -3.75. The van der Waals surface area contributed by atoms with Gasteiger partial charge >= 0.3 is 0 Å². The standard InChI is InChI=1S/C18H22N2O3S2/c1-14-8-10-15(11-9-14)19-18(21)17(12-13-24-2)20-25(22,23)16-6-4-3-5-7-16/h3-11,17,20H,12-13H2,1-2H3,(H,19,21)/t17-/m1/s1. The van der Waals surface area contributed by atoms with Crippen molar-refractivity contribution in [1.29, 1.82) is 0 Å². The van der Waals surface area contributed by atoms with Gasteiger partial charge in [0.05, 0.1) is 4.90 Å². The molecule has 0 aliphatic heterocycles. The van der Waals surface area contributed by atoms with E-state index in [4.69, 9.17) is 0 Å².